The molecule has 1 aromatic carbocycles. The number of benzene rings is 1. The van der Waals surface area contributed by atoms with Crippen molar-refractivity contribution in [2.75, 3.05) is 18.1 Å². The summed E-state index contributed by atoms with van der Waals surface area (Å²) >= 11 is 1.82. The molecule has 0 spiro atoms. The first-order chi connectivity index (χ1) is 9.16. The van der Waals surface area contributed by atoms with Gasteiger partial charge in [-0.25, -0.2) is 0 Å². The molecule has 0 saturated carbocycles. The number of thioether (sulfide) groups is 1. The highest BCUT2D eigenvalue weighted by Crippen LogP contribution is 2.28. The van der Waals surface area contributed by atoms with E-state index >= 15 is 0 Å². The molecule has 3 nitrogen and oxygen atoms in total. The van der Waals surface area contributed by atoms with Crippen molar-refractivity contribution in [3.05, 3.63) is 36.1 Å². The summed E-state index contributed by atoms with van der Waals surface area (Å²) in [5, 5.41) is 14.8. The van der Waals surface area contributed by atoms with Gasteiger partial charge in [0.1, 0.15) is 11.3 Å². The lowest BCUT2D eigenvalue weighted by Crippen LogP contribution is -2.41. The molecule has 1 aliphatic heterocycles. The first-order valence-electron chi connectivity index (χ1n) is 6.68. The zero-order valence-electron chi connectivity index (χ0n) is 11.1. The van der Waals surface area contributed by atoms with Crippen LogP contribution in [0.15, 0.2) is 34.7 Å². The minimum atomic E-state index is -0.551. The van der Waals surface area contributed by atoms with Crippen molar-refractivity contribution in [3.8, 4) is 0 Å². The predicted octanol–water partition coefficient (Wildman–Crippen LogP) is 2.95. The number of nitrogens with one attached hydrogen (secondary N) is 1. The van der Waals surface area contributed by atoms with Gasteiger partial charge < -0.3 is 14.8 Å². The molecule has 4 heteroatoms. The fourth-order valence-corrected chi connectivity index (χ4v) is 3.69. The molecular weight excluding hydrogens is 258 g/mol. The van der Waals surface area contributed by atoms with Crippen LogP contribution in [0.5, 0.6) is 0 Å². The van der Waals surface area contributed by atoms with E-state index in [0.717, 1.165) is 34.7 Å². The molecule has 0 unspecified atom stereocenters. The number of para-hydroxylation sites is 1. The van der Waals surface area contributed by atoms with Gasteiger partial charge in [-0.1, -0.05) is 18.2 Å². The zero-order chi connectivity index (χ0) is 13.3. The van der Waals surface area contributed by atoms with Crippen LogP contribution in [-0.2, 0) is 0 Å². The third kappa shape index (κ3) is 2.81. The second-order valence-corrected chi connectivity index (χ2v) is 6.42. The van der Waals surface area contributed by atoms with Crippen LogP contribution < -0.4 is 5.32 Å². The Kier molecular flexibility index (Phi) is 3.56. The molecule has 2 atom stereocenters. The average molecular weight is 277 g/mol. The van der Waals surface area contributed by atoms with Crippen molar-refractivity contribution in [2.24, 2.45) is 0 Å². The normalized spacial score (nSPS) is 24.9. The first-order valence-corrected chi connectivity index (χ1v) is 7.84. The van der Waals surface area contributed by atoms with E-state index < -0.39 is 5.60 Å². The van der Waals surface area contributed by atoms with Crippen LogP contribution in [0.25, 0.3) is 11.0 Å². The summed E-state index contributed by atoms with van der Waals surface area (Å²) in [5.41, 5.74) is 0.367. The fraction of sp³-hybridized carbons (Fsp3) is 0.467. The largest absolute Gasteiger partial charge is 0.459 e. The van der Waals surface area contributed by atoms with E-state index in [4.69, 9.17) is 4.42 Å². The third-order valence-corrected chi connectivity index (χ3v) is 4.93. The molecule has 3 rings (SSSR count). The van der Waals surface area contributed by atoms with E-state index in [1.807, 2.05) is 30.0 Å². The molecule has 0 aliphatic carbocycles. The molecule has 2 N–H and O–H groups in total. The second-order valence-electron chi connectivity index (χ2n) is 5.32. The van der Waals surface area contributed by atoms with Gasteiger partial charge in [0, 0.05) is 17.7 Å². The maximum Gasteiger partial charge on any atom is 0.134 e. The predicted molar refractivity (Wildman–Crippen MR) is 79.5 cm³/mol. The quantitative estimate of drug-likeness (QED) is 0.902. The van der Waals surface area contributed by atoms with Gasteiger partial charge in [-0.3, -0.25) is 0 Å². The summed E-state index contributed by atoms with van der Waals surface area (Å²) in [5.74, 6) is 2.81. The monoisotopic (exact) mass is 277 g/mol. The summed E-state index contributed by atoms with van der Waals surface area (Å²) in [4.78, 5) is 0. The highest BCUT2D eigenvalue weighted by molar-refractivity contribution is 7.99. The van der Waals surface area contributed by atoms with Crippen LogP contribution in [0.3, 0.4) is 0 Å². The lowest BCUT2D eigenvalue weighted by atomic mass is 10.0. The van der Waals surface area contributed by atoms with Crippen molar-refractivity contribution >= 4 is 22.7 Å². The molecule has 0 bridgehead atoms. The number of hydrogen-bond donors (Lipinski definition) is 2. The Hall–Kier alpha value is -0.970. The van der Waals surface area contributed by atoms with Gasteiger partial charge in [0.25, 0.3) is 0 Å². The van der Waals surface area contributed by atoms with E-state index in [0.29, 0.717) is 6.54 Å². The lowest BCUT2D eigenvalue weighted by Gasteiger charge is -2.23. The average Bonchev–Trinajstić information content (AvgIpc) is 3.02. The van der Waals surface area contributed by atoms with Gasteiger partial charge in [0.2, 0.25) is 0 Å². The van der Waals surface area contributed by atoms with Crippen LogP contribution >= 0.6 is 11.8 Å². The minimum Gasteiger partial charge on any atom is -0.459 e. The standard InChI is InChI=1S/C15H19NO2S/c1-11(16-9-15(17)6-7-19-10-15)14-8-12-4-2-3-5-13(12)18-14/h2-5,8,11,16-17H,6-7,9-10H2,1H3/t11-,15+/m0/s1. The molecule has 2 heterocycles. The second kappa shape index (κ2) is 5.19. The van der Waals surface area contributed by atoms with E-state index in [2.05, 4.69) is 24.4 Å². The van der Waals surface area contributed by atoms with E-state index in [-0.39, 0.29) is 6.04 Å². The van der Waals surface area contributed by atoms with Gasteiger partial charge in [-0.15, -0.1) is 0 Å². The van der Waals surface area contributed by atoms with Crippen LogP contribution in [0, 0.1) is 0 Å². The van der Waals surface area contributed by atoms with Crippen LogP contribution in [0.1, 0.15) is 25.1 Å². The minimum absolute atomic E-state index is 0.113. The number of hydrogen-bond acceptors (Lipinski definition) is 4. The van der Waals surface area contributed by atoms with Crippen LogP contribution in [0.4, 0.5) is 0 Å². The maximum absolute atomic E-state index is 10.3. The summed E-state index contributed by atoms with van der Waals surface area (Å²) in [7, 11) is 0. The van der Waals surface area contributed by atoms with E-state index in [1.54, 1.807) is 0 Å². The van der Waals surface area contributed by atoms with Crippen LogP contribution in [-0.4, -0.2) is 28.8 Å². The lowest BCUT2D eigenvalue weighted by molar-refractivity contribution is 0.0645. The number of furan rings is 1. The molecule has 19 heavy (non-hydrogen) atoms. The third-order valence-electron chi connectivity index (χ3n) is 3.69. The molecule has 102 valence electrons. The summed E-state index contributed by atoms with van der Waals surface area (Å²) in [6, 6.07) is 10.2. The maximum atomic E-state index is 10.3. The Balaban J connectivity index is 1.68. The summed E-state index contributed by atoms with van der Waals surface area (Å²) in [6.07, 6.45) is 0.873. The Labute approximate surface area is 117 Å². The molecular formula is C15H19NO2S. The van der Waals surface area contributed by atoms with Crippen molar-refractivity contribution in [1.82, 2.24) is 5.32 Å². The Morgan fingerprint density at radius 1 is 1.47 bits per heavy atom. The number of aliphatic hydroxyl groups is 1. The van der Waals surface area contributed by atoms with Gasteiger partial charge in [0.15, 0.2) is 0 Å². The molecule has 0 radical (unpaired) electrons. The van der Waals surface area contributed by atoms with Gasteiger partial charge >= 0.3 is 0 Å². The smallest absolute Gasteiger partial charge is 0.134 e. The molecule has 1 aromatic heterocycles. The molecule has 1 fully saturated rings. The zero-order valence-corrected chi connectivity index (χ0v) is 11.9. The van der Waals surface area contributed by atoms with Crippen molar-refractivity contribution in [2.45, 2.75) is 25.0 Å². The van der Waals surface area contributed by atoms with Crippen LogP contribution in [0.2, 0.25) is 0 Å². The Morgan fingerprint density at radius 3 is 3.05 bits per heavy atom. The highest BCUT2D eigenvalue weighted by atomic mass is 32.2. The molecule has 2 aromatic rings. The van der Waals surface area contributed by atoms with Gasteiger partial charge in [0.05, 0.1) is 11.6 Å². The van der Waals surface area contributed by atoms with Crippen molar-refractivity contribution in [1.29, 1.82) is 0 Å². The van der Waals surface area contributed by atoms with Crippen molar-refractivity contribution in [3.63, 3.8) is 0 Å². The van der Waals surface area contributed by atoms with Gasteiger partial charge in [-0.2, -0.15) is 11.8 Å². The SMILES string of the molecule is C[C@H](NC[C@]1(O)CCSC1)c1cc2ccccc2o1. The highest BCUT2D eigenvalue weighted by Gasteiger charge is 2.31. The van der Waals surface area contributed by atoms with Gasteiger partial charge in [-0.05, 0) is 31.2 Å². The summed E-state index contributed by atoms with van der Waals surface area (Å²) in [6.45, 7) is 2.70. The Bertz CT molecular complexity index is 527. The molecule has 1 aliphatic rings. The first kappa shape index (κ1) is 13.0. The fourth-order valence-electron chi connectivity index (χ4n) is 2.40. The molecule has 0 amide bonds. The molecule has 1 saturated heterocycles. The van der Waals surface area contributed by atoms with Crippen molar-refractivity contribution < 1.29 is 9.52 Å². The number of fused-ring (bicyclic) bond motifs is 1. The topological polar surface area (TPSA) is 45.4 Å². The number of rotatable bonds is 4. The van der Waals surface area contributed by atoms with E-state index in [9.17, 15) is 5.11 Å². The van der Waals surface area contributed by atoms with E-state index in [1.165, 1.54) is 0 Å². The summed E-state index contributed by atoms with van der Waals surface area (Å²) < 4.78 is 5.83. The Morgan fingerprint density at radius 2 is 2.32 bits per heavy atom.